The summed E-state index contributed by atoms with van der Waals surface area (Å²) in [4.78, 5) is 16.8. The minimum absolute atomic E-state index is 0.0454. The molecule has 0 N–H and O–H groups in total. The van der Waals surface area contributed by atoms with E-state index < -0.39 is 18.0 Å². The molecule has 0 aromatic carbocycles. The van der Waals surface area contributed by atoms with Gasteiger partial charge in [-0.1, -0.05) is 11.6 Å². The second kappa shape index (κ2) is 4.76. The minimum atomic E-state index is -4.24. The van der Waals surface area contributed by atoms with Crippen LogP contribution in [0.1, 0.15) is 16.8 Å². The number of nitrogens with zero attached hydrogens (tertiary/aromatic N) is 2. The first-order valence-electron chi connectivity index (χ1n) is 5.35. The summed E-state index contributed by atoms with van der Waals surface area (Å²) in [5, 5.41) is 0.237. The molecule has 1 unspecified atom stereocenters. The predicted octanol–water partition coefficient (Wildman–Crippen LogP) is 2.76. The molecule has 2 rings (SSSR count). The lowest BCUT2D eigenvalue weighted by Gasteiger charge is -2.17. The quantitative estimate of drug-likeness (QED) is 0.740. The molecule has 1 amide bonds. The van der Waals surface area contributed by atoms with E-state index in [9.17, 15) is 18.0 Å². The highest BCUT2D eigenvalue weighted by Crippen LogP contribution is 2.33. The molecule has 1 aromatic heterocycles. The topological polar surface area (TPSA) is 33.2 Å². The van der Waals surface area contributed by atoms with E-state index in [1.807, 2.05) is 0 Å². The largest absolute Gasteiger partial charge is 0.393 e. The molecule has 0 bridgehead atoms. The minimum Gasteiger partial charge on any atom is -0.338 e. The summed E-state index contributed by atoms with van der Waals surface area (Å²) in [6, 6.07) is 2.89. The Bertz CT molecular complexity index is 447. The van der Waals surface area contributed by atoms with Crippen LogP contribution in [0, 0.1) is 5.92 Å². The van der Waals surface area contributed by atoms with E-state index in [0.717, 1.165) is 0 Å². The Kier molecular flexibility index (Phi) is 3.47. The Labute approximate surface area is 107 Å². The van der Waals surface area contributed by atoms with Crippen LogP contribution in [0.2, 0.25) is 5.15 Å². The molecule has 2 heterocycles. The van der Waals surface area contributed by atoms with Crippen LogP contribution in [0.25, 0.3) is 0 Å². The normalized spacial score (nSPS) is 20.2. The fourth-order valence-corrected chi connectivity index (χ4v) is 2.01. The monoisotopic (exact) mass is 278 g/mol. The van der Waals surface area contributed by atoms with Crippen LogP contribution in [-0.4, -0.2) is 35.1 Å². The van der Waals surface area contributed by atoms with Gasteiger partial charge >= 0.3 is 6.18 Å². The van der Waals surface area contributed by atoms with Gasteiger partial charge in [0, 0.05) is 19.3 Å². The zero-order valence-corrected chi connectivity index (χ0v) is 10.0. The molecule has 98 valence electrons. The predicted molar refractivity (Wildman–Crippen MR) is 59.3 cm³/mol. The number of carbonyl (C=O) groups excluding carboxylic acids is 1. The summed E-state index contributed by atoms with van der Waals surface area (Å²) in [6.07, 6.45) is -3.02. The van der Waals surface area contributed by atoms with Crippen molar-refractivity contribution >= 4 is 17.5 Å². The van der Waals surface area contributed by atoms with Crippen LogP contribution >= 0.6 is 11.6 Å². The molecule has 0 spiro atoms. The van der Waals surface area contributed by atoms with Crippen molar-refractivity contribution in [2.75, 3.05) is 13.1 Å². The second-order valence-electron chi connectivity index (χ2n) is 4.15. The average Bonchev–Trinajstić information content (AvgIpc) is 2.78. The van der Waals surface area contributed by atoms with Gasteiger partial charge in [0.1, 0.15) is 5.15 Å². The van der Waals surface area contributed by atoms with Crippen LogP contribution < -0.4 is 0 Å². The first-order valence-corrected chi connectivity index (χ1v) is 5.73. The summed E-state index contributed by atoms with van der Waals surface area (Å²) < 4.78 is 37.5. The molecule has 7 heteroatoms. The van der Waals surface area contributed by atoms with E-state index in [1.165, 1.54) is 23.2 Å². The molecule has 1 saturated heterocycles. The Hall–Kier alpha value is -1.30. The number of carbonyl (C=O) groups is 1. The number of alkyl halides is 3. The maximum Gasteiger partial charge on any atom is 0.393 e. The van der Waals surface area contributed by atoms with E-state index >= 15 is 0 Å². The third-order valence-electron chi connectivity index (χ3n) is 2.91. The maximum atomic E-state index is 12.5. The summed E-state index contributed by atoms with van der Waals surface area (Å²) in [7, 11) is 0. The van der Waals surface area contributed by atoms with E-state index in [0.29, 0.717) is 0 Å². The van der Waals surface area contributed by atoms with Gasteiger partial charge in [-0.25, -0.2) is 4.98 Å². The highest BCUT2D eigenvalue weighted by atomic mass is 35.5. The fourth-order valence-electron chi connectivity index (χ4n) is 1.90. The van der Waals surface area contributed by atoms with Crippen LogP contribution in [-0.2, 0) is 0 Å². The lowest BCUT2D eigenvalue weighted by atomic mass is 10.1. The van der Waals surface area contributed by atoms with E-state index in [1.54, 1.807) is 0 Å². The number of pyridine rings is 1. The van der Waals surface area contributed by atoms with Crippen molar-refractivity contribution in [3.05, 3.63) is 29.0 Å². The van der Waals surface area contributed by atoms with Crippen molar-refractivity contribution in [1.29, 1.82) is 0 Å². The molecule has 0 saturated carbocycles. The Morgan fingerprint density at radius 3 is 2.67 bits per heavy atom. The molecule has 0 aliphatic carbocycles. The molecule has 0 radical (unpaired) electrons. The Morgan fingerprint density at radius 1 is 1.44 bits per heavy atom. The third kappa shape index (κ3) is 2.75. The Morgan fingerprint density at radius 2 is 2.17 bits per heavy atom. The second-order valence-corrected chi connectivity index (χ2v) is 4.54. The number of likely N-dealkylation sites (tertiary alicyclic amines) is 1. The van der Waals surface area contributed by atoms with Gasteiger partial charge in [-0.2, -0.15) is 13.2 Å². The molecular weight excluding hydrogens is 269 g/mol. The van der Waals surface area contributed by atoms with Crippen molar-refractivity contribution in [2.45, 2.75) is 12.6 Å². The summed E-state index contributed by atoms with van der Waals surface area (Å²) in [5.41, 5.74) is 0.252. The molecule has 1 atom stereocenters. The van der Waals surface area contributed by atoms with E-state index in [2.05, 4.69) is 4.98 Å². The van der Waals surface area contributed by atoms with Crippen LogP contribution in [0.15, 0.2) is 18.3 Å². The molecular formula is C11H10ClF3N2O. The van der Waals surface area contributed by atoms with Gasteiger partial charge in [-0.05, 0) is 18.6 Å². The lowest BCUT2D eigenvalue weighted by molar-refractivity contribution is -0.169. The number of hydrogen-bond acceptors (Lipinski definition) is 2. The number of rotatable bonds is 1. The van der Waals surface area contributed by atoms with Gasteiger partial charge < -0.3 is 4.90 Å². The van der Waals surface area contributed by atoms with Crippen molar-refractivity contribution in [3.8, 4) is 0 Å². The molecule has 1 aromatic rings. The zero-order valence-electron chi connectivity index (χ0n) is 9.25. The van der Waals surface area contributed by atoms with Crippen LogP contribution in [0.3, 0.4) is 0 Å². The van der Waals surface area contributed by atoms with Gasteiger partial charge in [0.15, 0.2) is 0 Å². The average molecular weight is 279 g/mol. The van der Waals surface area contributed by atoms with Crippen molar-refractivity contribution in [3.63, 3.8) is 0 Å². The SMILES string of the molecule is O=C(c1ccc(Cl)nc1)N1CCC(C(F)(F)F)C1. The maximum absolute atomic E-state index is 12.5. The van der Waals surface area contributed by atoms with Crippen LogP contribution in [0.4, 0.5) is 13.2 Å². The highest BCUT2D eigenvalue weighted by molar-refractivity contribution is 6.29. The number of hydrogen-bond donors (Lipinski definition) is 0. The summed E-state index contributed by atoms with van der Waals surface area (Å²) >= 11 is 5.57. The van der Waals surface area contributed by atoms with Gasteiger partial charge in [0.05, 0.1) is 11.5 Å². The molecule has 18 heavy (non-hydrogen) atoms. The number of amides is 1. The highest BCUT2D eigenvalue weighted by Gasteiger charge is 2.44. The third-order valence-corrected chi connectivity index (χ3v) is 3.14. The van der Waals surface area contributed by atoms with E-state index in [4.69, 9.17) is 11.6 Å². The standard InChI is InChI=1S/C11H10ClF3N2O/c12-9-2-1-7(5-16-9)10(18)17-4-3-8(6-17)11(13,14)15/h1-2,5,8H,3-4,6H2. The Balaban J connectivity index is 2.06. The zero-order chi connectivity index (χ0) is 13.3. The summed E-state index contributed by atoms with van der Waals surface area (Å²) in [5.74, 6) is -1.87. The first kappa shape index (κ1) is 13.1. The molecule has 3 nitrogen and oxygen atoms in total. The van der Waals surface area contributed by atoms with Crippen molar-refractivity contribution in [1.82, 2.24) is 9.88 Å². The van der Waals surface area contributed by atoms with Gasteiger partial charge in [0.2, 0.25) is 0 Å². The van der Waals surface area contributed by atoms with Crippen molar-refractivity contribution in [2.24, 2.45) is 5.92 Å². The smallest absolute Gasteiger partial charge is 0.338 e. The fraction of sp³-hybridized carbons (Fsp3) is 0.455. The van der Waals surface area contributed by atoms with Gasteiger partial charge in [0.25, 0.3) is 5.91 Å². The number of aromatic nitrogens is 1. The van der Waals surface area contributed by atoms with Crippen LogP contribution in [0.5, 0.6) is 0 Å². The molecule has 1 aliphatic heterocycles. The van der Waals surface area contributed by atoms with E-state index in [-0.39, 0.29) is 30.2 Å². The lowest BCUT2D eigenvalue weighted by Crippen LogP contribution is -2.32. The van der Waals surface area contributed by atoms with Gasteiger partial charge in [-0.15, -0.1) is 0 Å². The molecule has 1 aliphatic rings. The van der Waals surface area contributed by atoms with Crippen molar-refractivity contribution < 1.29 is 18.0 Å². The molecule has 1 fully saturated rings. The van der Waals surface area contributed by atoms with Gasteiger partial charge in [-0.3, -0.25) is 4.79 Å². The summed E-state index contributed by atoms with van der Waals surface area (Å²) in [6.45, 7) is -0.170. The number of halogens is 4. The first-order chi connectivity index (χ1) is 8.38.